The molecular weight excluding hydrogens is 1330 g/mol. The van der Waals surface area contributed by atoms with Gasteiger partial charge in [-0.3, -0.25) is 37.3 Å². The molecule has 0 radical (unpaired) electrons. The van der Waals surface area contributed by atoms with Crippen molar-refractivity contribution in [3.63, 3.8) is 0 Å². The van der Waals surface area contributed by atoms with Crippen LogP contribution in [0, 0.1) is 23.7 Å². The Bertz CT molecular complexity index is 1990. The third-order valence-electron chi connectivity index (χ3n) is 19.7. The second-order valence-electron chi connectivity index (χ2n) is 31.5. The molecule has 0 amide bonds. The number of rotatable bonds is 80. The van der Waals surface area contributed by atoms with Crippen LogP contribution in [0.4, 0.5) is 0 Å². The first-order valence-corrected chi connectivity index (χ1v) is 45.7. The summed E-state index contributed by atoms with van der Waals surface area (Å²) in [6, 6.07) is 0. The zero-order chi connectivity index (χ0) is 75.3. The van der Waals surface area contributed by atoms with Crippen LogP contribution in [0.15, 0.2) is 0 Å². The average molecular weight is 1490 g/mol. The first kappa shape index (κ1) is 100. The van der Waals surface area contributed by atoms with Crippen LogP contribution in [0.25, 0.3) is 0 Å². The van der Waals surface area contributed by atoms with Gasteiger partial charge in [-0.25, -0.2) is 9.13 Å². The number of carbonyl (C=O) groups excluding carboxylic acids is 4. The third-order valence-corrected chi connectivity index (χ3v) is 21.6. The van der Waals surface area contributed by atoms with Crippen LogP contribution in [0.3, 0.4) is 0 Å². The number of phosphoric acid groups is 2. The van der Waals surface area contributed by atoms with Crippen LogP contribution in [-0.2, 0) is 65.4 Å². The fourth-order valence-electron chi connectivity index (χ4n) is 12.8. The molecule has 606 valence electrons. The Kier molecular flexibility index (Phi) is 70.6. The average Bonchev–Trinajstić information content (AvgIpc) is 0.924. The van der Waals surface area contributed by atoms with Crippen molar-refractivity contribution in [3.05, 3.63) is 0 Å². The number of hydrogen-bond donors (Lipinski definition) is 3. The van der Waals surface area contributed by atoms with Gasteiger partial charge in [-0.2, -0.15) is 0 Å². The number of aliphatic hydroxyl groups excluding tert-OH is 1. The molecule has 0 aromatic heterocycles. The molecule has 102 heavy (non-hydrogen) atoms. The van der Waals surface area contributed by atoms with Gasteiger partial charge in [0.2, 0.25) is 0 Å². The van der Waals surface area contributed by atoms with Crippen LogP contribution in [0.1, 0.15) is 428 Å². The van der Waals surface area contributed by atoms with Gasteiger partial charge in [0, 0.05) is 25.7 Å². The predicted molar refractivity (Wildman–Crippen MR) is 418 cm³/mol. The predicted octanol–water partition coefficient (Wildman–Crippen LogP) is 24.8. The molecule has 0 aliphatic rings. The van der Waals surface area contributed by atoms with E-state index in [0.717, 1.165) is 114 Å². The lowest BCUT2D eigenvalue weighted by Gasteiger charge is -2.21. The summed E-state index contributed by atoms with van der Waals surface area (Å²) in [6.45, 7) is 14.3. The van der Waals surface area contributed by atoms with Crippen molar-refractivity contribution in [1.82, 2.24) is 0 Å². The van der Waals surface area contributed by atoms with E-state index < -0.39 is 97.5 Å². The van der Waals surface area contributed by atoms with E-state index in [1.54, 1.807) is 0 Å². The van der Waals surface area contributed by atoms with Gasteiger partial charge in [-0.05, 0) is 49.4 Å². The van der Waals surface area contributed by atoms with Crippen molar-refractivity contribution >= 4 is 39.5 Å². The lowest BCUT2D eigenvalue weighted by Crippen LogP contribution is -2.30. The van der Waals surface area contributed by atoms with Crippen molar-refractivity contribution in [3.8, 4) is 0 Å². The molecule has 4 unspecified atom stereocenters. The van der Waals surface area contributed by atoms with Crippen LogP contribution in [-0.4, -0.2) is 96.7 Å². The molecule has 0 bridgehead atoms. The maximum atomic E-state index is 13.1. The lowest BCUT2D eigenvalue weighted by molar-refractivity contribution is -0.161. The summed E-state index contributed by atoms with van der Waals surface area (Å²) in [4.78, 5) is 73.1. The van der Waals surface area contributed by atoms with Gasteiger partial charge in [-0.15, -0.1) is 0 Å². The normalized spacial score (nSPS) is 14.3. The Morgan fingerprint density at radius 1 is 0.275 bits per heavy atom. The van der Waals surface area contributed by atoms with Gasteiger partial charge in [0.25, 0.3) is 0 Å². The van der Waals surface area contributed by atoms with Crippen molar-refractivity contribution in [2.75, 3.05) is 39.6 Å². The molecule has 0 aromatic rings. The molecule has 0 spiro atoms. The largest absolute Gasteiger partial charge is 0.472 e. The molecule has 0 aliphatic carbocycles. The van der Waals surface area contributed by atoms with Gasteiger partial charge in [0.05, 0.1) is 26.4 Å². The molecule has 19 heteroatoms. The summed E-state index contributed by atoms with van der Waals surface area (Å²) in [6.07, 6.45) is 59.7. The molecule has 3 N–H and O–H groups in total. The highest BCUT2D eigenvalue weighted by molar-refractivity contribution is 7.47. The number of hydrogen-bond acceptors (Lipinski definition) is 15. The van der Waals surface area contributed by atoms with Crippen LogP contribution in [0.2, 0.25) is 0 Å². The van der Waals surface area contributed by atoms with Gasteiger partial charge < -0.3 is 33.8 Å². The Hall–Kier alpha value is -1.94. The monoisotopic (exact) mass is 1490 g/mol. The summed E-state index contributed by atoms with van der Waals surface area (Å²) in [7, 11) is -9.93. The zero-order valence-electron chi connectivity index (χ0n) is 67.2. The topological polar surface area (TPSA) is 237 Å². The highest BCUT2D eigenvalue weighted by Crippen LogP contribution is 2.45. The maximum absolute atomic E-state index is 13.1. The second kappa shape index (κ2) is 72.0. The Labute approximate surface area is 626 Å². The molecule has 0 saturated carbocycles. The van der Waals surface area contributed by atoms with Gasteiger partial charge in [-0.1, -0.05) is 376 Å². The Balaban J connectivity index is 5.23. The highest BCUT2D eigenvalue weighted by atomic mass is 31.2. The molecule has 0 saturated heterocycles. The number of unbranched alkanes of at least 4 members (excludes halogenated alkanes) is 45. The minimum Gasteiger partial charge on any atom is -0.462 e. The van der Waals surface area contributed by atoms with E-state index in [9.17, 15) is 43.2 Å². The molecule has 0 heterocycles. The summed E-state index contributed by atoms with van der Waals surface area (Å²) < 4.78 is 68.8. The van der Waals surface area contributed by atoms with E-state index >= 15 is 0 Å². The first-order chi connectivity index (χ1) is 49.1. The van der Waals surface area contributed by atoms with Gasteiger partial charge in [0.1, 0.15) is 19.3 Å². The van der Waals surface area contributed by atoms with Gasteiger partial charge >= 0.3 is 39.5 Å². The van der Waals surface area contributed by atoms with E-state index in [4.69, 9.17) is 37.0 Å². The van der Waals surface area contributed by atoms with E-state index in [0.29, 0.717) is 31.6 Å². The molecule has 6 atom stereocenters. The zero-order valence-corrected chi connectivity index (χ0v) is 69.0. The molecule has 0 aliphatic heterocycles. The molecule has 0 rings (SSSR count). The third kappa shape index (κ3) is 74.9. The van der Waals surface area contributed by atoms with Crippen molar-refractivity contribution < 1.29 is 80.2 Å². The molecule has 17 nitrogen and oxygen atoms in total. The standard InChI is InChI=1S/C83H162O17P2/c1-9-76(8)62-54-46-38-30-24-17-14-15-19-26-32-40-49-57-65-82(87)100-79(70-94-81(86)64-56-48-42-34-37-45-53-61-75(6)7)72-98-102(91,92)96-68-77(84)67-95-101(89,90)97-71-78(99-83(88)66-58-50-41-33-27-21-20-23-29-36-44-52-60-74(4)5)69-93-80(85)63-55-47-39-31-25-18-13-11-10-12-16-22-28-35-43-51-59-73(2)3/h73-79,84H,9-72H2,1-8H3,(H,89,90)(H,91,92)/t76?,77?,78-,79-/m1/s1. The molecular formula is C83H162O17P2. The number of aliphatic hydroxyl groups is 1. The minimum atomic E-state index is -4.96. The quantitative estimate of drug-likeness (QED) is 0.0222. The maximum Gasteiger partial charge on any atom is 0.472 e. The number of phosphoric ester groups is 2. The van der Waals surface area contributed by atoms with E-state index in [1.807, 2.05) is 0 Å². The van der Waals surface area contributed by atoms with E-state index in [1.165, 1.54) is 225 Å². The fraction of sp³-hybridized carbons (Fsp3) is 0.952. The summed E-state index contributed by atoms with van der Waals surface area (Å²) in [5, 5.41) is 10.7. The first-order valence-electron chi connectivity index (χ1n) is 42.7. The molecule has 0 fully saturated rings. The second-order valence-corrected chi connectivity index (χ2v) is 34.4. The Morgan fingerprint density at radius 2 is 0.471 bits per heavy atom. The van der Waals surface area contributed by atoms with Crippen molar-refractivity contribution in [2.45, 2.75) is 446 Å². The number of ether oxygens (including phenoxy) is 4. The number of esters is 4. The van der Waals surface area contributed by atoms with E-state index in [-0.39, 0.29) is 25.7 Å². The fourth-order valence-corrected chi connectivity index (χ4v) is 14.3. The van der Waals surface area contributed by atoms with E-state index in [2.05, 4.69) is 55.4 Å². The smallest absolute Gasteiger partial charge is 0.462 e. The van der Waals surface area contributed by atoms with Gasteiger partial charge in [0.15, 0.2) is 12.2 Å². The van der Waals surface area contributed by atoms with Crippen molar-refractivity contribution in [1.29, 1.82) is 0 Å². The summed E-state index contributed by atoms with van der Waals surface area (Å²) in [5.41, 5.74) is 0. The van der Waals surface area contributed by atoms with Crippen molar-refractivity contribution in [2.24, 2.45) is 23.7 Å². The summed E-state index contributed by atoms with van der Waals surface area (Å²) in [5.74, 6) is 1.03. The highest BCUT2D eigenvalue weighted by Gasteiger charge is 2.30. The number of carbonyl (C=O) groups is 4. The SMILES string of the molecule is CCC(C)CCCCCCCCCCCCCCCCC(=O)O[C@H](COC(=O)CCCCCCCCCC(C)C)COP(=O)(O)OCC(O)COP(=O)(O)OC[C@@H](COC(=O)CCCCCCCCCCCCCCCCCCC(C)C)OC(=O)CCCCCCCCCCCCCCC(C)C. The van der Waals surface area contributed by atoms with Crippen LogP contribution in [0.5, 0.6) is 0 Å². The molecule has 0 aromatic carbocycles. The lowest BCUT2D eigenvalue weighted by atomic mass is 9.99. The Morgan fingerprint density at radius 3 is 0.696 bits per heavy atom. The van der Waals surface area contributed by atoms with Crippen LogP contribution >= 0.6 is 15.6 Å². The van der Waals surface area contributed by atoms with Crippen LogP contribution < -0.4 is 0 Å². The minimum absolute atomic E-state index is 0.107. The summed E-state index contributed by atoms with van der Waals surface area (Å²) >= 11 is 0.